The third-order valence-electron chi connectivity index (χ3n) is 2.93. The first-order chi connectivity index (χ1) is 10.2. The van der Waals surface area contributed by atoms with Gasteiger partial charge < -0.3 is 30.0 Å². The van der Waals surface area contributed by atoms with Crippen molar-refractivity contribution in [2.75, 3.05) is 32.2 Å². The summed E-state index contributed by atoms with van der Waals surface area (Å²) < 4.78 is 15.5. The zero-order valence-corrected chi connectivity index (χ0v) is 11.7. The highest BCUT2D eigenvalue weighted by Gasteiger charge is 2.22. The zero-order chi connectivity index (χ0) is 15.1. The van der Waals surface area contributed by atoms with Gasteiger partial charge >= 0.3 is 6.03 Å². The van der Waals surface area contributed by atoms with Crippen LogP contribution in [0, 0.1) is 0 Å². The number of rotatable bonds is 6. The van der Waals surface area contributed by atoms with Gasteiger partial charge in [0.15, 0.2) is 6.29 Å². The minimum Gasteiger partial charge on any atom is -0.481 e. The maximum absolute atomic E-state index is 11.9. The number of amides is 2. The largest absolute Gasteiger partial charge is 0.481 e. The standard InChI is InChI=1S/C13H19N3O5/c1-19-11-6-9(2-3-14-11)15-13(18)16-10(8-17)7-12-20-4-5-21-12/h2-3,6,10,12,17H,4-5,7-8H2,1H3,(H2,14,15,16,18). The molecule has 1 saturated heterocycles. The van der Waals surface area contributed by atoms with Crippen molar-refractivity contribution in [1.82, 2.24) is 10.3 Å². The lowest BCUT2D eigenvalue weighted by Gasteiger charge is -2.19. The molecule has 0 spiro atoms. The van der Waals surface area contributed by atoms with Crippen LogP contribution < -0.4 is 15.4 Å². The van der Waals surface area contributed by atoms with Crippen LogP contribution in [0.3, 0.4) is 0 Å². The van der Waals surface area contributed by atoms with Crippen LogP contribution in [-0.4, -0.2) is 55.4 Å². The molecule has 8 nitrogen and oxygen atoms in total. The average Bonchev–Trinajstić information content (AvgIpc) is 2.99. The molecule has 21 heavy (non-hydrogen) atoms. The van der Waals surface area contributed by atoms with Crippen molar-refractivity contribution < 1.29 is 24.1 Å². The lowest BCUT2D eigenvalue weighted by molar-refractivity contribution is -0.0548. The van der Waals surface area contributed by atoms with Gasteiger partial charge in [0.05, 0.1) is 33.0 Å². The van der Waals surface area contributed by atoms with Crippen LogP contribution in [0.1, 0.15) is 6.42 Å². The number of pyridine rings is 1. The molecule has 0 aliphatic carbocycles. The fourth-order valence-electron chi connectivity index (χ4n) is 1.91. The van der Waals surface area contributed by atoms with Gasteiger partial charge in [0.2, 0.25) is 5.88 Å². The molecule has 3 N–H and O–H groups in total. The molecule has 2 heterocycles. The van der Waals surface area contributed by atoms with Crippen molar-refractivity contribution in [2.45, 2.75) is 18.8 Å². The van der Waals surface area contributed by atoms with E-state index in [0.717, 1.165) is 0 Å². The maximum Gasteiger partial charge on any atom is 0.319 e. The second-order valence-corrected chi connectivity index (χ2v) is 4.47. The molecule has 2 rings (SSSR count). The van der Waals surface area contributed by atoms with E-state index in [-0.39, 0.29) is 12.9 Å². The normalized spacial score (nSPS) is 16.5. The number of nitrogens with zero attached hydrogens (tertiary/aromatic N) is 1. The Morgan fingerprint density at radius 1 is 1.57 bits per heavy atom. The first-order valence-corrected chi connectivity index (χ1v) is 6.63. The minimum atomic E-state index is -0.447. The summed E-state index contributed by atoms with van der Waals surface area (Å²) in [6.45, 7) is 0.869. The van der Waals surface area contributed by atoms with Crippen molar-refractivity contribution in [2.24, 2.45) is 0 Å². The van der Waals surface area contributed by atoms with Crippen LogP contribution in [0.25, 0.3) is 0 Å². The fourth-order valence-corrected chi connectivity index (χ4v) is 1.91. The molecule has 1 aromatic rings. The number of aliphatic hydroxyl groups excluding tert-OH is 1. The Hall–Kier alpha value is -1.90. The van der Waals surface area contributed by atoms with Crippen molar-refractivity contribution in [1.29, 1.82) is 0 Å². The molecule has 1 aromatic heterocycles. The van der Waals surface area contributed by atoms with Gasteiger partial charge in [0.1, 0.15) is 0 Å². The molecule has 0 radical (unpaired) electrons. The van der Waals surface area contributed by atoms with E-state index >= 15 is 0 Å². The van der Waals surface area contributed by atoms with E-state index in [0.29, 0.717) is 31.2 Å². The second kappa shape index (κ2) is 7.77. The first-order valence-electron chi connectivity index (χ1n) is 6.63. The summed E-state index contributed by atoms with van der Waals surface area (Å²) in [5, 5.41) is 14.6. The number of anilines is 1. The molecule has 8 heteroatoms. The highest BCUT2D eigenvalue weighted by atomic mass is 16.7. The third-order valence-corrected chi connectivity index (χ3v) is 2.93. The van der Waals surface area contributed by atoms with E-state index in [9.17, 15) is 9.90 Å². The molecule has 0 aromatic carbocycles. The van der Waals surface area contributed by atoms with Crippen LogP contribution >= 0.6 is 0 Å². The number of urea groups is 1. The zero-order valence-electron chi connectivity index (χ0n) is 11.7. The van der Waals surface area contributed by atoms with Gasteiger partial charge in [0, 0.05) is 24.4 Å². The molecule has 1 unspecified atom stereocenters. The molecule has 116 valence electrons. The summed E-state index contributed by atoms with van der Waals surface area (Å²) in [4.78, 5) is 15.8. The fraction of sp³-hybridized carbons (Fsp3) is 0.538. The van der Waals surface area contributed by atoms with E-state index in [4.69, 9.17) is 14.2 Å². The molecule has 0 saturated carbocycles. The van der Waals surface area contributed by atoms with E-state index in [1.807, 2.05) is 0 Å². The molecule has 1 fully saturated rings. The van der Waals surface area contributed by atoms with Crippen LogP contribution in [0.15, 0.2) is 18.3 Å². The van der Waals surface area contributed by atoms with Gasteiger partial charge in [-0.3, -0.25) is 0 Å². The highest BCUT2D eigenvalue weighted by Crippen LogP contribution is 2.14. The number of hydrogen-bond donors (Lipinski definition) is 3. The summed E-state index contributed by atoms with van der Waals surface area (Å²) in [5.74, 6) is 0.402. The number of aliphatic hydroxyl groups is 1. The Bertz CT molecular complexity index is 465. The number of aromatic nitrogens is 1. The molecule has 2 amide bonds. The van der Waals surface area contributed by atoms with Gasteiger partial charge in [-0.25, -0.2) is 9.78 Å². The quantitative estimate of drug-likeness (QED) is 0.699. The van der Waals surface area contributed by atoms with Gasteiger partial charge in [-0.05, 0) is 6.07 Å². The third kappa shape index (κ3) is 4.85. The lowest BCUT2D eigenvalue weighted by atomic mass is 10.2. The summed E-state index contributed by atoms with van der Waals surface area (Å²) in [5.41, 5.74) is 0.546. The molecule has 1 aliphatic heterocycles. The predicted octanol–water partition coefficient (Wildman–Crippen LogP) is 0.336. The summed E-state index contributed by atoms with van der Waals surface area (Å²) >= 11 is 0. The smallest absolute Gasteiger partial charge is 0.319 e. The number of ether oxygens (including phenoxy) is 3. The van der Waals surface area contributed by atoms with Crippen LogP contribution in [0.2, 0.25) is 0 Å². The number of methoxy groups -OCH3 is 1. The van der Waals surface area contributed by atoms with E-state index in [1.54, 1.807) is 12.1 Å². The first kappa shape index (κ1) is 15.5. The van der Waals surface area contributed by atoms with E-state index in [2.05, 4.69) is 15.6 Å². The molecule has 1 atom stereocenters. The molecule has 0 bridgehead atoms. The highest BCUT2D eigenvalue weighted by molar-refractivity contribution is 5.89. The van der Waals surface area contributed by atoms with Crippen LogP contribution in [0.5, 0.6) is 5.88 Å². The Balaban J connectivity index is 1.83. The number of carbonyl (C=O) groups is 1. The van der Waals surface area contributed by atoms with Crippen LogP contribution in [-0.2, 0) is 9.47 Å². The monoisotopic (exact) mass is 297 g/mol. The van der Waals surface area contributed by atoms with Gasteiger partial charge in [0.25, 0.3) is 0 Å². The Labute approximate surface area is 122 Å². The number of nitrogens with one attached hydrogen (secondary N) is 2. The Morgan fingerprint density at radius 3 is 3.00 bits per heavy atom. The summed E-state index contributed by atoms with van der Waals surface area (Å²) in [6.07, 6.45) is 1.53. The molecular formula is C13H19N3O5. The Kier molecular flexibility index (Phi) is 5.73. The minimum absolute atomic E-state index is 0.198. The SMILES string of the molecule is COc1cc(NC(=O)NC(CO)CC2OCCO2)ccn1. The lowest BCUT2D eigenvalue weighted by Crippen LogP contribution is -2.42. The van der Waals surface area contributed by atoms with Gasteiger partial charge in [-0.15, -0.1) is 0 Å². The predicted molar refractivity (Wildman–Crippen MR) is 74.1 cm³/mol. The van der Waals surface area contributed by atoms with Gasteiger partial charge in [-0.2, -0.15) is 0 Å². The summed E-state index contributed by atoms with van der Waals surface area (Å²) in [6, 6.07) is 2.35. The Morgan fingerprint density at radius 2 is 2.33 bits per heavy atom. The second-order valence-electron chi connectivity index (χ2n) is 4.47. The van der Waals surface area contributed by atoms with Crippen molar-refractivity contribution >= 4 is 11.7 Å². The number of carbonyl (C=O) groups excluding carboxylic acids is 1. The molecule has 1 aliphatic rings. The van der Waals surface area contributed by atoms with Crippen molar-refractivity contribution in [3.05, 3.63) is 18.3 Å². The van der Waals surface area contributed by atoms with Gasteiger partial charge in [-0.1, -0.05) is 0 Å². The van der Waals surface area contributed by atoms with E-state index in [1.165, 1.54) is 13.3 Å². The van der Waals surface area contributed by atoms with Crippen LogP contribution in [0.4, 0.5) is 10.5 Å². The average molecular weight is 297 g/mol. The number of hydrogen-bond acceptors (Lipinski definition) is 6. The molecular weight excluding hydrogens is 278 g/mol. The van der Waals surface area contributed by atoms with Crippen molar-refractivity contribution in [3.63, 3.8) is 0 Å². The van der Waals surface area contributed by atoms with E-state index < -0.39 is 12.1 Å². The summed E-state index contributed by atoms with van der Waals surface area (Å²) in [7, 11) is 1.50. The topological polar surface area (TPSA) is 102 Å². The maximum atomic E-state index is 11.9. The van der Waals surface area contributed by atoms with Crippen molar-refractivity contribution in [3.8, 4) is 5.88 Å².